The SMILES string of the molecule is CN(C)C(=O)c1cccc(NC(=O)CNc2cccc(Br)c2)c1. The Hall–Kier alpha value is -2.34. The molecule has 2 rings (SSSR count). The average Bonchev–Trinajstić information content (AvgIpc) is 2.52. The van der Waals surface area contributed by atoms with Gasteiger partial charge in [-0.05, 0) is 36.4 Å². The number of benzene rings is 2. The molecule has 0 unspecified atom stereocenters. The highest BCUT2D eigenvalue weighted by molar-refractivity contribution is 9.10. The summed E-state index contributed by atoms with van der Waals surface area (Å²) >= 11 is 3.38. The second-order valence-corrected chi connectivity index (χ2v) is 6.11. The Balaban J connectivity index is 1.95. The maximum absolute atomic E-state index is 12.0. The van der Waals surface area contributed by atoms with Crippen LogP contribution in [-0.4, -0.2) is 37.4 Å². The lowest BCUT2D eigenvalue weighted by Gasteiger charge is -2.12. The van der Waals surface area contributed by atoms with Crippen molar-refractivity contribution in [3.8, 4) is 0 Å². The predicted molar refractivity (Wildman–Crippen MR) is 95.7 cm³/mol. The van der Waals surface area contributed by atoms with Crippen molar-refractivity contribution in [2.45, 2.75) is 0 Å². The molecule has 0 aliphatic carbocycles. The third-order valence-electron chi connectivity index (χ3n) is 3.08. The smallest absolute Gasteiger partial charge is 0.253 e. The van der Waals surface area contributed by atoms with Crippen molar-refractivity contribution in [1.29, 1.82) is 0 Å². The third-order valence-corrected chi connectivity index (χ3v) is 3.57. The summed E-state index contributed by atoms with van der Waals surface area (Å²) in [5.41, 5.74) is 1.98. The topological polar surface area (TPSA) is 61.4 Å². The Kier molecular flexibility index (Phi) is 5.76. The molecule has 0 aliphatic rings. The Bertz CT molecular complexity index is 716. The lowest BCUT2D eigenvalue weighted by molar-refractivity contribution is -0.114. The van der Waals surface area contributed by atoms with Crippen LogP contribution in [0, 0.1) is 0 Å². The molecule has 2 amide bonds. The van der Waals surface area contributed by atoms with Crippen LogP contribution < -0.4 is 10.6 Å². The summed E-state index contributed by atoms with van der Waals surface area (Å²) in [4.78, 5) is 25.4. The van der Waals surface area contributed by atoms with E-state index in [4.69, 9.17) is 0 Å². The van der Waals surface area contributed by atoms with Crippen LogP contribution in [0.1, 0.15) is 10.4 Å². The first-order chi connectivity index (χ1) is 11.0. The Morgan fingerprint density at radius 1 is 1.04 bits per heavy atom. The molecule has 0 radical (unpaired) electrons. The summed E-state index contributed by atoms with van der Waals surface area (Å²) in [6.45, 7) is 0.141. The Morgan fingerprint density at radius 2 is 1.74 bits per heavy atom. The van der Waals surface area contributed by atoms with Gasteiger partial charge in [-0.1, -0.05) is 28.1 Å². The van der Waals surface area contributed by atoms with Crippen LogP contribution in [0.4, 0.5) is 11.4 Å². The highest BCUT2D eigenvalue weighted by Crippen LogP contribution is 2.16. The van der Waals surface area contributed by atoms with E-state index in [9.17, 15) is 9.59 Å². The quantitative estimate of drug-likeness (QED) is 0.843. The molecule has 0 aromatic heterocycles. The molecule has 0 spiro atoms. The maximum Gasteiger partial charge on any atom is 0.253 e. The normalized spacial score (nSPS) is 10.0. The number of hydrogen-bond donors (Lipinski definition) is 2. The molecular formula is C17H18BrN3O2. The summed E-state index contributed by atoms with van der Waals surface area (Å²) in [5, 5.41) is 5.82. The molecule has 5 nitrogen and oxygen atoms in total. The van der Waals surface area contributed by atoms with Gasteiger partial charge in [-0.25, -0.2) is 0 Å². The van der Waals surface area contributed by atoms with Crippen molar-refractivity contribution in [2.24, 2.45) is 0 Å². The van der Waals surface area contributed by atoms with E-state index in [0.717, 1.165) is 10.2 Å². The first-order valence-corrected chi connectivity index (χ1v) is 7.86. The van der Waals surface area contributed by atoms with Gasteiger partial charge in [-0.3, -0.25) is 9.59 Å². The first kappa shape index (κ1) is 17.0. The van der Waals surface area contributed by atoms with Crippen LogP contribution in [0.15, 0.2) is 53.0 Å². The van der Waals surface area contributed by atoms with Crippen molar-refractivity contribution in [2.75, 3.05) is 31.3 Å². The van der Waals surface area contributed by atoms with Crippen LogP contribution in [-0.2, 0) is 4.79 Å². The third kappa shape index (κ3) is 5.10. The second-order valence-electron chi connectivity index (χ2n) is 5.19. The van der Waals surface area contributed by atoms with Crippen LogP contribution in [0.5, 0.6) is 0 Å². The van der Waals surface area contributed by atoms with E-state index in [1.165, 1.54) is 4.90 Å². The molecule has 0 aliphatic heterocycles. The minimum Gasteiger partial charge on any atom is -0.376 e. The van der Waals surface area contributed by atoms with Crippen molar-refractivity contribution in [1.82, 2.24) is 4.90 Å². The number of nitrogens with one attached hydrogen (secondary N) is 2. The summed E-state index contributed by atoms with van der Waals surface area (Å²) in [5.74, 6) is -0.284. The Labute approximate surface area is 143 Å². The maximum atomic E-state index is 12.0. The fraction of sp³-hybridized carbons (Fsp3) is 0.176. The summed E-state index contributed by atoms with van der Waals surface area (Å²) in [6, 6.07) is 14.5. The van der Waals surface area contributed by atoms with Gasteiger partial charge >= 0.3 is 0 Å². The van der Waals surface area contributed by atoms with Crippen molar-refractivity contribution in [3.05, 3.63) is 58.6 Å². The van der Waals surface area contributed by atoms with E-state index < -0.39 is 0 Å². The van der Waals surface area contributed by atoms with Gasteiger partial charge in [0.1, 0.15) is 0 Å². The van der Waals surface area contributed by atoms with Gasteiger partial charge in [0, 0.05) is 35.5 Å². The molecule has 2 aromatic rings. The van der Waals surface area contributed by atoms with E-state index in [2.05, 4.69) is 26.6 Å². The number of amides is 2. The van der Waals surface area contributed by atoms with Gasteiger partial charge in [-0.2, -0.15) is 0 Å². The standard InChI is InChI=1S/C17H18BrN3O2/c1-21(2)17(23)12-5-3-8-15(9-12)20-16(22)11-19-14-7-4-6-13(18)10-14/h3-10,19H,11H2,1-2H3,(H,20,22). The van der Waals surface area contributed by atoms with E-state index in [0.29, 0.717) is 11.3 Å². The van der Waals surface area contributed by atoms with E-state index >= 15 is 0 Å². The number of halogens is 1. The van der Waals surface area contributed by atoms with Gasteiger partial charge < -0.3 is 15.5 Å². The number of rotatable bonds is 5. The number of anilines is 2. The number of hydrogen-bond acceptors (Lipinski definition) is 3. The number of nitrogens with zero attached hydrogens (tertiary/aromatic N) is 1. The minimum absolute atomic E-state index is 0.103. The monoisotopic (exact) mass is 375 g/mol. The highest BCUT2D eigenvalue weighted by Gasteiger charge is 2.09. The van der Waals surface area contributed by atoms with Crippen molar-refractivity contribution >= 4 is 39.1 Å². The van der Waals surface area contributed by atoms with Gasteiger partial charge in [0.2, 0.25) is 5.91 Å². The zero-order valence-electron chi connectivity index (χ0n) is 13.0. The number of carbonyl (C=O) groups excluding carboxylic acids is 2. The van der Waals surface area contributed by atoms with Crippen LogP contribution in [0.3, 0.4) is 0 Å². The summed E-state index contributed by atoms with van der Waals surface area (Å²) in [7, 11) is 3.38. The molecule has 23 heavy (non-hydrogen) atoms. The highest BCUT2D eigenvalue weighted by atomic mass is 79.9. The molecule has 0 saturated heterocycles. The molecule has 0 fully saturated rings. The van der Waals surface area contributed by atoms with E-state index in [1.54, 1.807) is 38.4 Å². The summed E-state index contributed by atoms with van der Waals surface area (Å²) in [6.07, 6.45) is 0. The largest absolute Gasteiger partial charge is 0.376 e. The molecule has 0 heterocycles. The van der Waals surface area contributed by atoms with Crippen molar-refractivity contribution < 1.29 is 9.59 Å². The van der Waals surface area contributed by atoms with Gasteiger partial charge in [0.05, 0.1) is 6.54 Å². The lowest BCUT2D eigenvalue weighted by Crippen LogP contribution is -2.23. The second kappa shape index (κ2) is 7.78. The van der Waals surface area contributed by atoms with E-state index in [1.807, 2.05) is 24.3 Å². The van der Waals surface area contributed by atoms with Crippen LogP contribution >= 0.6 is 15.9 Å². The molecule has 2 aromatic carbocycles. The summed E-state index contributed by atoms with van der Waals surface area (Å²) < 4.78 is 0.942. The van der Waals surface area contributed by atoms with E-state index in [-0.39, 0.29) is 18.4 Å². The molecule has 2 N–H and O–H groups in total. The fourth-order valence-electron chi connectivity index (χ4n) is 1.97. The predicted octanol–water partition coefficient (Wildman–Crippen LogP) is 3.20. The zero-order chi connectivity index (χ0) is 16.8. The van der Waals surface area contributed by atoms with Crippen LogP contribution in [0.25, 0.3) is 0 Å². The van der Waals surface area contributed by atoms with Gasteiger partial charge in [-0.15, -0.1) is 0 Å². The lowest BCUT2D eigenvalue weighted by atomic mass is 10.2. The molecular weight excluding hydrogens is 358 g/mol. The first-order valence-electron chi connectivity index (χ1n) is 7.07. The molecule has 0 saturated carbocycles. The fourth-order valence-corrected chi connectivity index (χ4v) is 2.37. The molecule has 0 bridgehead atoms. The zero-order valence-corrected chi connectivity index (χ0v) is 14.6. The number of carbonyl (C=O) groups is 2. The Morgan fingerprint density at radius 3 is 2.43 bits per heavy atom. The average molecular weight is 376 g/mol. The molecule has 0 atom stereocenters. The van der Waals surface area contributed by atoms with Gasteiger partial charge in [0.15, 0.2) is 0 Å². The molecule has 120 valence electrons. The van der Waals surface area contributed by atoms with Crippen LogP contribution in [0.2, 0.25) is 0 Å². The molecule has 6 heteroatoms. The van der Waals surface area contributed by atoms with Gasteiger partial charge in [0.25, 0.3) is 5.91 Å². The minimum atomic E-state index is -0.181. The van der Waals surface area contributed by atoms with Crippen molar-refractivity contribution in [3.63, 3.8) is 0 Å².